The first-order valence-corrected chi connectivity index (χ1v) is 5.34. The van der Waals surface area contributed by atoms with Gasteiger partial charge in [0.15, 0.2) is 0 Å². The maximum atomic E-state index is 12.1. The summed E-state index contributed by atoms with van der Waals surface area (Å²) in [6.45, 7) is 1.41. The van der Waals surface area contributed by atoms with Crippen molar-refractivity contribution in [1.82, 2.24) is 0 Å². The summed E-state index contributed by atoms with van der Waals surface area (Å²) in [5, 5.41) is 10.5. The Morgan fingerprint density at radius 1 is 1.33 bits per heavy atom. The highest BCUT2D eigenvalue weighted by molar-refractivity contribution is 9.10. The number of carboxylic acid groups (broad SMARTS) is 1. The lowest BCUT2D eigenvalue weighted by atomic mass is 10.1. The molecule has 98 valence electrons. The van der Waals surface area contributed by atoms with Gasteiger partial charge in [-0.3, -0.25) is 4.79 Å². The first-order chi connectivity index (χ1) is 8.14. The van der Waals surface area contributed by atoms with Crippen molar-refractivity contribution in [3.8, 4) is 0 Å². The number of benzene rings is 1. The normalized spacial score (nSPS) is 11.2. The molecule has 8 heteroatoms. The second-order valence-electron chi connectivity index (χ2n) is 3.35. The molecule has 0 spiro atoms. The van der Waals surface area contributed by atoms with Crippen LogP contribution in [0.25, 0.3) is 0 Å². The van der Waals surface area contributed by atoms with E-state index in [1.807, 2.05) is 0 Å². The molecule has 0 heterocycles. The summed E-state index contributed by atoms with van der Waals surface area (Å²) in [4.78, 5) is 21.7. The Morgan fingerprint density at radius 2 is 1.89 bits per heavy atom. The number of amides is 1. The van der Waals surface area contributed by atoms with Crippen molar-refractivity contribution in [3.05, 3.63) is 27.7 Å². The Bertz CT molecular complexity index is 514. The average Bonchev–Trinajstić information content (AvgIpc) is 2.21. The number of halogens is 4. The van der Waals surface area contributed by atoms with E-state index in [9.17, 15) is 22.8 Å². The molecule has 0 saturated carbocycles. The summed E-state index contributed by atoms with van der Waals surface area (Å²) in [5.41, 5.74) is -0.560. The zero-order valence-electron chi connectivity index (χ0n) is 8.93. The lowest BCUT2D eigenvalue weighted by Gasteiger charge is -2.13. The number of carbonyl (C=O) groups is 2. The Hall–Kier alpha value is -1.57. The monoisotopic (exact) mass is 325 g/mol. The van der Waals surface area contributed by atoms with Crippen LogP contribution >= 0.6 is 15.9 Å². The van der Waals surface area contributed by atoms with Gasteiger partial charge in [-0.15, -0.1) is 0 Å². The van der Waals surface area contributed by atoms with E-state index in [-0.39, 0.29) is 11.1 Å². The smallest absolute Gasteiger partial charge is 0.471 e. The minimum atomic E-state index is -5.07. The van der Waals surface area contributed by atoms with E-state index in [0.717, 1.165) is 6.07 Å². The summed E-state index contributed by atoms with van der Waals surface area (Å²) >= 11 is 3.06. The second kappa shape index (κ2) is 4.97. The van der Waals surface area contributed by atoms with Gasteiger partial charge in [0, 0.05) is 4.47 Å². The molecular formula is C10H7BrF3NO3. The molecule has 0 radical (unpaired) electrons. The van der Waals surface area contributed by atoms with E-state index in [1.54, 1.807) is 0 Å². The molecule has 2 N–H and O–H groups in total. The fourth-order valence-electron chi connectivity index (χ4n) is 1.26. The number of hydrogen-bond donors (Lipinski definition) is 2. The lowest BCUT2D eigenvalue weighted by molar-refractivity contribution is -0.167. The van der Waals surface area contributed by atoms with Gasteiger partial charge in [-0.05, 0) is 24.6 Å². The fourth-order valence-corrected chi connectivity index (χ4v) is 1.59. The maximum absolute atomic E-state index is 12.1. The van der Waals surface area contributed by atoms with Gasteiger partial charge in [0.1, 0.15) is 0 Å². The molecule has 0 aliphatic heterocycles. The first kappa shape index (κ1) is 14.5. The van der Waals surface area contributed by atoms with E-state index in [4.69, 9.17) is 5.11 Å². The molecule has 1 aromatic carbocycles. The van der Waals surface area contributed by atoms with Crippen LogP contribution in [0.1, 0.15) is 15.9 Å². The van der Waals surface area contributed by atoms with Crippen molar-refractivity contribution in [2.75, 3.05) is 5.32 Å². The third-order valence-corrected chi connectivity index (χ3v) is 2.98. The van der Waals surface area contributed by atoms with Crippen LogP contribution in [0.15, 0.2) is 16.6 Å². The van der Waals surface area contributed by atoms with Crippen molar-refractivity contribution in [1.29, 1.82) is 0 Å². The quantitative estimate of drug-likeness (QED) is 0.878. The molecule has 0 aliphatic carbocycles. The van der Waals surface area contributed by atoms with E-state index >= 15 is 0 Å². The highest BCUT2D eigenvalue weighted by Gasteiger charge is 2.39. The number of anilines is 1. The molecule has 1 rings (SSSR count). The van der Waals surface area contributed by atoms with Crippen molar-refractivity contribution in [2.24, 2.45) is 0 Å². The number of carbonyl (C=O) groups excluding carboxylic acids is 1. The average molecular weight is 326 g/mol. The van der Waals surface area contributed by atoms with Crippen LogP contribution in [-0.2, 0) is 4.79 Å². The van der Waals surface area contributed by atoms with Crippen molar-refractivity contribution in [2.45, 2.75) is 13.1 Å². The molecule has 1 aromatic rings. The maximum Gasteiger partial charge on any atom is 0.471 e. The van der Waals surface area contributed by atoms with Crippen LogP contribution in [0.4, 0.5) is 18.9 Å². The van der Waals surface area contributed by atoms with E-state index in [1.165, 1.54) is 18.3 Å². The van der Waals surface area contributed by atoms with E-state index in [2.05, 4.69) is 15.9 Å². The summed E-state index contributed by atoms with van der Waals surface area (Å²) in [7, 11) is 0. The van der Waals surface area contributed by atoms with Crippen LogP contribution in [-0.4, -0.2) is 23.2 Å². The number of carboxylic acids is 1. The van der Waals surface area contributed by atoms with Gasteiger partial charge in [-0.1, -0.05) is 15.9 Å². The van der Waals surface area contributed by atoms with Crippen LogP contribution < -0.4 is 5.32 Å². The van der Waals surface area contributed by atoms with Gasteiger partial charge in [-0.25, -0.2) is 4.79 Å². The lowest BCUT2D eigenvalue weighted by Crippen LogP contribution is -2.30. The molecule has 0 aliphatic rings. The van der Waals surface area contributed by atoms with Crippen molar-refractivity contribution >= 4 is 33.5 Å². The van der Waals surface area contributed by atoms with Crippen LogP contribution in [0.5, 0.6) is 0 Å². The van der Waals surface area contributed by atoms with Gasteiger partial charge < -0.3 is 10.4 Å². The second-order valence-corrected chi connectivity index (χ2v) is 4.21. The molecule has 4 nitrogen and oxygen atoms in total. The van der Waals surface area contributed by atoms with Gasteiger partial charge in [0.05, 0.1) is 11.3 Å². The number of nitrogens with one attached hydrogen (secondary N) is 1. The predicted molar refractivity (Wildman–Crippen MR) is 60.5 cm³/mol. The van der Waals surface area contributed by atoms with Crippen LogP contribution in [0, 0.1) is 6.92 Å². The Morgan fingerprint density at radius 3 is 2.33 bits per heavy atom. The number of hydrogen-bond acceptors (Lipinski definition) is 2. The number of alkyl halides is 3. The number of aromatic carboxylic acids is 1. The molecule has 0 atom stereocenters. The van der Waals surface area contributed by atoms with Gasteiger partial charge in [-0.2, -0.15) is 13.2 Å². The summed E-state index contributed by atoms with van der Waals surface area (Å²) in [6.07, 6.45) is -5.07. The molecule has 0 bridgehead atoms. The fraction of sp³-hybridized carbons (Fsp3) is 0.200. The first-order valence-electron chi connectivity index (χ1n) is 4.55. The Balaban J connectivity index is 3.22. The van der Waals surface area contributed by atoms with E-state index < -0.39 is 23.7 Å². The molecule has 0 fully saturated rings. The van der Waals surface area contributed by atoms with Gasteiger partial charge >= 0.3 is 18.1 Å². The van der Waals surface area contributed by atoms with Crippen LogP contribution in [0.3, 0.4) is 0 Å². The number of rotatable bonds is 2. The third-order valence-electron chi connectivity index (χ3n) is 2.12. The molecule has 0 saturated heterocycles. The zero-order valence-corrected chi connectivity index (χ0v) is 10.5. The minimum absolute atomic E-state index is 0.225. The standard InChI is InChI=1S/C10H7BrF3NO3/c1-4-5(11)2-3-6(7(4)8(16)17)15-9(18)10(12,13)14/h2-3H,1H3,(H,15,18)(H,16,17). The predicted octanol–water partition coefficient (Wildman–Crippen LogP) is 2.96. The minimum Gasteiger partial charge on any atom is -0.478 e. The van der Waals surface area contributed by atoms with E-state index in [0.29, 0.717) is 4.47 Å². The summed E-state index contributed by atoms with van der Waals surface area (Å²) in [5.74, 6) is -3.64. The van der Waals surface area contributed by atoms with Crippen molar-refractivity contribution < 1.29 is 27.9 Å². The third kappa shape index (κ3) is 3.00. The summed E-state index contributed by atoms with van der Waals surface area (Å²) < 4.78 is 36.7. The molecule has 0 aromatic heterocycles. The van der Waals surface area contributed by atoms with Crippen LogP contribution in [0.2, 0.25) is 0 Å². The highest BCUT2D eigenvalue weighted by Crippen LogP contribution is 2.28. The van der Waals surface area contributed by atoms with Gasteiger partial charge in [0.2, 0.25) is 0 Å². The molecular weight excluding hydrogens is 319 g/mol. The Kier molecular flexibility index (Phi) is 4.00. The van der Waals surface area contributed by atoms with Crippen molar-refractivity contribution in [3.63, 3.8) is 0 Å². The molecule has 1 amide bonds. The largest absolute Gasteiger partial charge is 0.478 e. The topological polar surface area (TPSA) is 66.4 Å². The Labute approximate surface area is 108 Å². The zero-order chi connectivity index (χ0) is 14.1. The molecule has 18 heavy (non-hydrogen) atoms. The SMILES string of the molecule is Cc1c(Br)ccc(NC(=O)C(F)(F)F)c1C(=O)O. The summed E-state index contributed by atoms with van der Waals surface area (Å²) in [6, 6.07) is 2.44. The van der Waals surface area contributed by atoms with Gasteiger partial charge in [0.25, 0.3) is 0 Å². The molecule has 0 unspecified atom stereocenters. The highest BCUT2D eigenvalue weighted by atomic mass is 79.9.